The molecule has 1 unspecified atom stereocenters. The number of hydrogen-bond donors (Lipinski definition) is 1. The van der Waals surface area contributed by atoms with Crippen LogP contribution in [0.5, 0.6) is 0 Å². The normalized spacial score (nSPS) is 29.9. The van der Waals surface area contributed by atoms with Gasteiger partial charge in [0.2, 0.25) is 0 Å². The zero-order valence-electron chi connectivity index (χ0n) is 25.8. The fourth-order valence-electron chi connectivity index (χ4n) is 6.63. The Hall–Kier alpha value is -0.756. The zero-order valence-corrected chi connectivity index (χ0v) is 28.7. The van der Waals surface area contributed by atoms with Crippen molar-refractivity contribution < 1.29 is 18.0 Å². The van der Waals surface area contributed by atoms with E-state index in [9.17, 15) is 0 Å². The SMILES string of the molecule is CC(C)(C)[Si](C)(C)O[C@H]1[C@H]2O[Si](C(C)(C)C)(C(C)(C)C)OC[C@@H]2O[C@@H]1n1cc2c3c(ncnc31)C(S)CCC2. The monoisotopic (exact) mass is 591 g/mol. The topological polar surface area (TPSA) is 67.6 Å². The molecule has 2 aliphatic heterocycles. The van der Waals surface area contributed by atoms with Crippen molar-refractivity contribution in [1.29, 1.82) is 0 Å². The lowest BCUT2D eigenvalue weighted by atomic mass is 10.1. The minimum absolute atomic E-state index is 0.0444. The molecular weight excluding hydrogens is 543 g/mol. The van der Waals surface area contributed by atoms with E-state index in [4.69, 9.17) is 35.6 Å². The number of rotatable bonds is 3. The molecule has 4 heterocycles. The van der Waals surface area contributed by atoms with Gasteiger partial charge in [0, 0.05) is 26.9 Å². The third-order valence-corrected chi connectivity index (χ3v) is 19.6. The summed E-state index contributed by atoms with van der Waals surface area (Å²) >= 11 is 4.89. The summed E-state index contributed by atoms with van der Waals surface area (Å²) in [4.78, 5) is 9.47. The van der Waals surface area contributed by atoms with Crippen molar-refractivity contribution in [3.8, 4) is 0 Å². The number of thiol groups is 1. The standard InChI is InChI=1S/C29H49N3O4SSi2/c1-27(2,3)38(10,11)35-24-23-19(16-33-39(36-23,28(4,5)6)29(7,8)9)34-26(24)32-15-18-13-12-14-20(37)22-21(18)25(32)31-17-30-22/h15,17,19-20,23-24,26,37H,12-14,16H2,1-11H3/t19-,20?,23-,24-,26-/m0/s1. The Morgan fingerprint density at radius 3 is 2.33 bits per heavy atom. The minimum Gasteiger partial charge on any atom is -0.407 e. The molecule has 1 aliphatic carbocycles. The Morgan fingerprint density at radius 2 is 1.72 bits per heavy atom. The number of hydrogen-bond acceptors (Lipinski definition) is 7. The first kappa shape index (κ1) is 29.7. The maximum atomic E-state index is 7.30. The van der Waals surface area contributed by atoms with Crippen LogP contribution in [-0.2, 0) is 24.4 Å². The second-order valence-electron chi connectivity index (χ2n) is 15.3. The molecule has 0 amide bonds. The summed E-state index contributed by atoms with van der Waals surface area (Å²) in [6.45, 7) is 25.6. The molecule has 10 heteroatoms. The molecule has 0 N–H and O–H groups in total. The van der Waals surface area contributed by atoms with Crippen LogP contribution < -0.4 is 0 Å². The van der Waals surface area contributed by atoms with Gasteiger partial charge in [0.25, 0.3) is 0 Å². The van der Waals surface area contributed by atoms with E-state index in [1.807, 2.05) is 0 Å². The molecular formula is C29H49N3O4SSi2. The summed E-state index contributed by atoms with van der Waals surface area (Å²) in [6.07, 6.45) is 5.94. The Bertz CT molecular complexity index is 1220. The average Bonchev–Trinajstić information content (AvgIpc) is 3.28. The highest BCUT2D eigenvalue weighted by molar-refractivity contribution is 7.80. The van der Waals surface area contributed by atoms with E-state index in [0.29, 0.717) is 6.61 Å². The zero-order chi connectivity index (χ0) is 28.8. The van der Waals surface area contributed by atoms with Gasteiger partial charge in [-0.15, -0.1) is 0 Å². The smallest absolute Gasteiger partial charge is 0.349 e. The molecule has 2 fully saturated rings. The van der Waals surface area contributed by atoms with E-state index in [-0.39, 0.29) is 44.9 Å². The van der Waals surface area contributed by atoms with E-state index in [1.54, 1.807) is 6.33 Å². The van der Waals surface area contributed by atoms with Gasteiger partial charge in [0.1, 0.15) is 30.3 Å². The Balaban J connectivity index is 1.64. The summed E-state index contributed by atoms with van der Waals surface area (Å²) in [5.41, 5.74) is 3.20. The van der Waals surface area contributed by atoms with Crippen LogP contribution in [0.4, 0.5) is 0 Å². The van der Waals surface area contributed by atoms with E-state index >= 15 is 0 Å². The van der Waals surface area contributed by atoms with Gasteiger partial charge >= 0.3 is 8.56 Å². The van der Waals surface area contributed by atoms with Crippen LogP contribution in [0, 0.1) is 0 Å². The second kappa shape index (κ2) is 9.64. The van der Waals surface area contributed by atoms with Crippen molar-refractivity contribution >= 4 is 40.5 Å². The molecule has 7 nitrogen and oxygen atoms in total. The molecule has 0 spiro atoms. The first-order valence-electron chi connectivity index (χ1n) is 14.6. The predicted octanol–water partition coefficient (Wildman–Crippen LogP) is 7.48. The molecule has 0 bridgehead atoms. The summed E-state index contributed by atoms with van der Waals surface area (Å²) < 4.78 is 30.5. The number of aromatic nitrogens is 3. The fourth-order valence-corrected chi connectivity index (χ4v) is 13.3. The van der Waals surface area contributed by atoms with E-state index in [1.165, 1.54) is 5.56 Å². The molecule has 2 saturated heterocycles. The van der Waals surface area contributed by atoms with Gasteiger partial charge in [-0.25, -0.2) is 9.97 Å². The van der Waals surface area contributed by atoms with Gasteiger partial charge in [-0.1, -0.05) is 62.3 Å². The lowest BCUT2D eigenvalue weighted by Crippen LogP contribution is -2.66. The Morgan fingerprint density at radius 1 is 1.05 bits per heavy atom. The van der Waals surface area contributed by atoms with Crippen LogP contribution in [-0.4, -0.2) is 56.3 Å². The average molecular weight is 592 g/mol. The third kappa shape index (κ3) is 4.79. The summed E-state index contributed by atoms with van der Waals surface area (Å²) in [5.74, 6) is 0. The first-order chi connectivity index (χ1) is 17.9. The van der Waals surface area contributed by atoms with Gasteiger partial charge in [-0.2, -0.15) is 12.6 Å². The lowest BCUT2D eigenvalue weighted by molar-refractivity contribution is -0.0794. The fraction of sp³-hybridized carbons (Fsp3) is 0.793. The highest BCUT2D eigenvalue weighted by atomic mass is 32.1. The van der Waals surface area contributed by atoms with E-state index < -0.39 is 16.9 Å². The summed E-state index contributed by atoms with van der Waals surface area (Å²) in [6, 6.07) is 0. The largest absolute Gasteiger partial charge is 0.407 e. The highest BCUT2D eigenvalue weighted by Gasteiger charge is 2.66. The van der Waals surface area contributed by atoms with Crippen molar-refractivity contribution in [3.05, 3.63) is 23.8 Å². The van der Waals surface area contributed by atoms with Crippen molar-refractivity contribution in [3.63, 3.8) is 0 Å². The van der Waals surface area contributed by atoms with Crippen LogP contribution in [0.15, 0.2) is 12.5 Å². The molecule has 5 rings (SSSR count). The molecule has 2 aromatic rings. The molecule has 0 saturated carbocycles. The van der Waals surface area contributed by atoms with Gasteiger partial charge < -0.3 is 22.6 Å². The van der Waals surface area contributed by atoms with Crippen LogP contribution in [0.1, 0.15) is 97.9 Å². The van der Waals surface area contributed by atoms with Crippen LogP contribution >= 0.6 is 12.6 Å². The van der Waals surface area contributed by atoms with Crippen molar-refractivity contribution in [2.24, 2.45) is 0 Å². The highest BCUT2D eigenvalue weighted by Crippen LogP contribution is 2.57. The second-order valence-corrected chi connectivity index (χ2v) is 25.5. The molecule has 0 aromatic carbocycles. The lowest BCUT2D eigenvalue weighted by Gasteiger charge is -2.54. The molecule has 3 aliphatic rings. The number of fused-ring (bicyclic) bond motifs is 1. The quantitative estimate of drug-likeness (QED) is 0.295. The van der Waals surface area contributed by atoms with Crippen LogP contribution in [0.2, 0.25) is 28.2 Å². The van der Waals surface area contributed by atoms with E-state index in [0.717, 1.165) is 36.0 Å². The molecule has 218 valence electrons. The Labute approximate surface area is 242 Å². The van der Waals surface area contributed by atoms with Gasteiger partial charge in [0.05, 0.1) is 12.3 Å². The van der Waals surface area contributed by atoms with Crippen LogP contribution in [0.25, 0.3) is 11.0 Å². The maximum absolute atomic E-state index is 7.30. The van der Waals surface area contributed by atoms with Gasteiger partial charge in [-0.05, 0) is 43.0 Å². The summed E-state index contributed by atoms with van der Waals surface area (Å²) in [7, 11) is -4.91. The first-order valence-corrected chi connectivity index (χ1v) is 19.8. The molecule has 2 aromatic heterocycles. The van der Waals surface area contributed by atoms with Gasteiger partial charge in [-0.3, -0.25) is 0 Å². The predicted molar refractivity (Wildman–Crippen MR) is 164 cm³/mol. The molecule has 0 radical (unpaired) electrons. The van der Waals surface area contributed by atoms with Crippen molar-refractivity contribution in [1.82, 2.24) is 14.5 Å². The van der Waals surface area contributed by atoms with Crippen molar-refractivity contribution in [2.45, 2.75) is 140 Å². The number of aryl methyl sites for hydroxylation is 1. The number of ether oxygens (including phenoxy) is 1. The third-order valence-electron chi connectivity index (χ3n) is 9.48. The maximum Gasteiger partial charge on any atom is 0.349 e. The van der Waals surface area contributed by atoms with E-state index in [2.05, 4.69) is 91.2 Å². The molecule has 39 heavy (non-hydrogen) atoms. The number of nitrogens with zero attached hydrogens (tertiary/aromatic N) is 3. The summed E-state index contributed by atoms with van der Waals surface area (Å²) in [5, 5.41) is 1.04. The van der Waals surface area contributed by atoms with Crippen LogP contribution in [0.3, 0.4) is 0 Å². The van der Waals surface area contributed by atoms with Crippen molar-refractivity contribution in [2.75, 3.05) is 6.61 Å². The van der Waals surface area contributed by atoms with Gasteiger partial charge in [0.15, 0.2) is 14.5 Å². The Kier molecular flexibility index (Phi) is 7.35. The molecule has 5 atom stereocenters. The minimum atomic E-state index is -2.72.